The Morgan fingerprint density at radius 2 is 2.03 bits per heavy atom. The molecule has 0 saturated carbocycles. The number of rotatable bonds is 4. The molecule has 1 saturated heterocycles. The molecular weight excluding hydrogens is 370 g/mol. The van der Waals surface area contributed by atoms with Crippen molar-refractivity contribution in [1.29, 1.82) is 0 Å². The van der Waals surface area contributed by atoms with Crippen LogP contribution in [0.3, 0.4) is 0 Å². The average Bonchev–Trinajstić information content (AvgIpc) is 3.10. The smallest absolute Gasteiger partial charge is 0.265 e. The van der Waals surface area contributed by atoms with Gasteiger partial charge in [0.1, 0.15) is 5.75 Å². The summed E-state index contributed by atoms with van der Waals surface area (Å²) in [4.78, 5) is 38.8. The van der Waals surface area contributed by atoms with E-state index < -0.39 is 12.0 Å². The van der Waals surface area contributed by atoms with Crippen molar-refractivity contribution < 1.29 is 19.1 Å². The van der Waals surface area contributed by atoms with Gasteiger partial charge in [0, 0.05) is 24.3 Å². The lowest BCUT2D eigenvalue weighted by Crippen LogP contribution is -2.34. The van der Waals surface area contributed by atoms with Crippen LogP contribution < -0.4 is 20.3 Å². The molecule has 1 fully saturated rings. The number of hydrogen-bond acceptors (Lipinski definition) is 4. The number of anilines is 3. The Kier molecular flexibility index (Phi) is 4.96. The van der Waals surface area contributed by atoms with Gasteiger partial charge in [0.15, 0.2) is 6.10 Å². The fourth-order valence-corrected chi connectivity index (χ4v) is 3.72. The first kappa shape index (κ1) is 19.0. The molecule has 29 heavy (non-hydrogen) atoms. The maximum Gasteiger partial charge on any atom is 0.265 e. The van der Waals surface area contributed by atoms with E-state index in [1.54, 1.807) is 30.0 Å². The minimum atomic E-state index is -0.551. The summed E-state index contributed by atoms with van der Waals surface area (Å²) in [5, 5.41) is 5.62. The first-order valence-electron chi connectivity index (χ1n) is 9.77. The molecular formula is C22H23N3O4. The Hall–Kier alpha value is -3.35. The number of carbonyl (C=O) groups excluding carboxylic acids is 3. The lowest BCUT2D eigenvalue weighted by atomic mass is 10.1. The van der Waals surface area contributed by atoms with Crippen LogP contribution in [-0.4, -0.2) is 30.4 Å². The van der Waals surface area contributed by atoms with Gasteiger partial charge in [0.05, 0.1) is 11.6 Å². The molecule has 0 aliphatic carbocycles. The molecule has 0 spiro atoms. The number of ether oxygens (including phenoxy) is 1. The van der Waals surface area contributed by atoms with Crippen molar-refractivity contribution in [2.75, 3.05) is 22.1 Å². The van der Waals surface area contributed by atoms with Gasteiger partial charge in [-0.3, -0.25) is 14.4 Å². The van der Waals surface area contributed by atoms with Gasteiger partial charge in [0.25, 0.3) is 5.91 Å². The zero-order valence-corrected chi connectivity index (χ0v) is 16.4. The minimum Gasteiger partial charge on any atom is -0.479 e. The third-order valence-corrected chi connectivity index (χ3v) is 5.34. The molecule has 150 valence electrons. The molecule has 7 nitrogen and oxygen atoms in total. The number of para-hydroxylation sites is 1. The second-order valence-electron chi connectivity index (χ2n) is 7.34. The molecule has 2 aliphatic heterocycles. The molecule has 7 heteroatoms. The average molecular weight is 393 g/mol. The fourth-order valence-electron chi connectivity index (χ4n) is 3.72. The van der Waals surface area contributed by atoms with E-state index in [9.17, 15) is 14.4 Å². The van der Waals surface area contributed by atoms with Gasteiger partial charge < -0.3 is 20.3 Å². The summed E-state index contributed by atoms with van der Waals surface area (Å²) in [6.07, 6.45) is 0.439. The van der Waals surface area contributed by atoms with Crippen molar-refractivity contribution in [3.8, 4) is 5.75 Å². The number of carbonyl (C=O) groups is 3. The predicted molar refractivity (Wildman–Crippen MR) is 110 cm³/mol. The van der Waals surface area contributed by atoms with Gasteiger partial charge in [-0.05, 0) is 43.2 Å². The Balaban J connectivity index is 1.47. The van der Waals surface area contributed by atoms with Crippen molar-refractivity contribution in [3.05, 3.63) is 48.0 Å². The van der Waals surface area contributed by atoms with E-state index in [2.05, 4.69) is 10.6 Å². The lowest BCUT2D eigenvalue weighted by Gasteiger charge is -2.24. The number of amides is 3. The van der Waals surface area contributed by atoms with E-state index in [0.717, 1.165) is 17.7 Å². The summed E-state index contributed by atoms with van der Waals surface area (Å²) in [5.74, 6) is -0.368. The van der Waals surface area contributed by atoms with Gasteiger partial charge >= 0.3 is 0 Å². The molecule has 2 aromatic rings. The Morgan fingerprint density at radius 1 is 1.24 bits per heavy atom. The third kappa shape index (κ3) is 3.68. The normalized spacial score (nSPS) is 20.7. The molecule has 0 bridgehead atoms. The zero-order chi connectivity index (χ0) is 20.5. The summed E-state index contributed by atoms with van der Waals surface area (Å²) < 4.78 is 5.53. The van der Waals surface area contributed by atoms with Gasteiger partial charge in [-0.15, -0.1) is 0 Å². The van der Waals surface area contributed by atoms with Crippen molar-refractivity contribution in [3.63, 3.8) is 0 Å². The summed E-state index contributed by atoms with van der Waals surface area (Å²) >= 11 is 0. The first-order valence-corrected chi connectivity index (χ1v) is 9.77. The highest BCUT2D eigenvalue weighted by Gasteiger charge is 2.36. The van der Waals surface area contributed by atoms with Crippen molar-refractivity contribution in [2.45, 2.75) is 32.8 Å². The van der Waals surface area contributed by atoms with Crippen LogP contribution in [0.15, 0.2) is 42.5 Å². The van der Waals surface area contributed by atoms with Crippen LogP contribution in [0.25, 0.3) is 0 Å². The van der Waals surface area contributed by atoms with Crippen LogP contribution in [0.4, 0.5) is 17.1 Å². The summed E-state index contributed by atoms with van der Waals surface area (Å²) in [6, 6.07) is 12.9. The summed E-state index contributed by atoms with van der Waals surface area (Å²) in [6.45, 7) is 4.07. The molecule has 2 atom stereocenters. The van der Waals surface area contributed by atoms with Gasteiger partial charge in [-0.25, -0.2) is 0 Å². The number of benzene rings is 2. The molecule has 2 aromatic carbocycles. The van der Waals surface area contributed by atoms with E-state index in [4.69, 9.17) is 4.74 Å². The van der Waals surface area contributed by atoms with E-state index >= 15 is 0 Å². The molecule has 0 aromatic heterocycles. The minimum absolute atomic E-state index is 0.0499. The maximum atomic E-state index is 12.8. The van der Waals surface area contributed by atoms with Gasteiger partial charge in [-0.2, -0.15) is 0 Å². The quantitative estimate of drug-likeness (QED) is 0.836. The zero-order valence-electron chi connectivity index (χ0n) is 16.4. The Bertz CT molecular complexity index is 988. The highest BCUT2D eigenvalue weighted by Crippen LogP contribution is 2.33. The van der Waals surface area contributed by atoms with Crippen molar-refractivity contribution in [2.24, 2.45) is 5.92 Å². The monoisotopic (exact) mass is 393 g/mol. The summed E-state index contributed by atoms with van der Waals surface area (Å²) in [7, 11) is 0. The van der Waals surface area contributed by atoms with Gasteiger partial charge in [-0.1, -0.05) is 25.1 Å². The molecule has 2 heterocycles. The highest BCUT2D eigenvalue weighted by molar-refractivity contribution is 6.04. The maximum absolute atomic E-state index is 12.8. The van der Waals surface area contributed by atoms with Crippen LogP contribution in [-0.2, 0) is 20.8 Å². The SMILES string of the molecule is CCc1ccccc1N1C[C@@H](C(=O)Nc2ccc3c(c2)NC(=O)[C@H](C)O3)CC1=O. The Morgan fingerprint density at radius 3 is 2.83 bits per heavy atom. The number of aryl methyl sites for hydroxylation is 1. The standard InChI is InChI=1S/C22H23N3O4/c1-3-14-6-4-5-7-18(14)25-12-15(10-20(25)26)22(28)23-16-8-9-19-17(11-16)24-21(27)13(2)29-19/h4-9,11,13,15H,3,10,12H2,1-2H3,(H,23,28)(H,24,27)/t13-,15-/m0/s1. The van der Waals surface area contributed by atoms with Gasteiger partial charge in [0.2, 0.25) is 11.8 Å². The lowest BCUT2D eigenvalue weighted by molar-refractivity contribution is -0.122. The van der Waals surface area contributed by atoms with E-state index in [-0.39, 0.29) is 24.1 Å². The van der Waals surface area contributed by atoms with Crippen LogP contribution in [0.2, 0.25) is 0 Å². The number of nitrogens with zero attached hydrogens (tertiary/aromatic N) is 1. The molecule has 2 aliphatic rings. The van der Waals surface area contributed by atoms with E-state index in [1.165, 1.54) is 0 Å². The molecule has 4 rings (SSSR count). The topological polar surface area (TPSA) is 87.7 Å². The first-order chi connectivity index (χ1) is 14.0. The molecule has 2 N–H and O–H groups in total. The number of fused-ring (bicyclic) bond motifs is 1. The summed E-state index contributed by atoms with van der Waals surface area (Å²) in [5.41, 5.74) is 3.03. The van der Waals surface area contributed by atoms with Crippen molar-refractivity contribution >= 4 is 34.8 Å². The number of hydrogen-bond donors (Lipinski definition) is 2. The fraction of sp³-hybridized carbons (Fsp3) is 0.318. The predicted octanol–water partition coefficient (Wildman–Crippen LogP) is 2.96. The Labute approximate surface area is 169 Å². The van der Waals surface area contributed by atoms with Crippen LogP contribution in [0, 0.1) is 5.92 Å². The second-order valence-corrected chi connectivity index (χ2v) is 7.34. The van der Waals surface area contributed by atoms with Crippen LogP contribution in [0.1, 0.15) is 25.8 Å². The third-order valence-electron chi connectivity index (χ3n) is 5.34. The van der Waals surface area contributed by atoms with E-state index in [0.29, 0.717) is 23.7 Å². The highest BCUT2D eigenvalue weighted by atomic mass is 16.5. The largest absolute Gasteiger partial charge is 0.479 e. The molecule has 3 amide bonds. The van der Waals surface area contributed by atoms with Crippen molar-refractivity contribution in [1.82, 2.24) is 0 Å². The molecule has 0 unspecified atom stereocenters. The number of nitrogens with one attached hydrogen (secondary N) is 2. The molecule has 0 radical (unpaired) electrons. The van der Waals surface area contributed by atoms with Crippen LogP contribution in [0.5, 0.6) is 5.75 Å². The second kappa shape index (κ2) is 7.58. The van der Waals surface area contributed by atoms with Crippen LogP contribution >= 0.6 is 0 Å². The van der Waals surface area contributed by atoms with E-state index in [1.807, 2.05) is 31.2 Å².